The smallest absolute Gasteiger partial charge is 0.268 e. The summed E-state index contributed by atoms with van der Waals surface area (Å²) in [5, 5.41) is 4.30. The average molecular weight is 568 g/mol. The number of anilines is 1. The first-order valence-electron chi connectivity index (χ1n) is 13.9. The van der Waals surface area contributed by atoms with E-state index in [4.69, 9.17) is 9.47 Å². The van der Waals surface area contributed by atoms with E-state index >= 15 is 0 Å². The highest BCUT2D eigenvalue weighted by Crippen LogP contribution is 2.35. The van der Waals surface area contributed by atoms with Gasteiger partial charge in [-0.05, 0) is 74.6 Å². The lowest BCUT2D eigenvalue weighted by Gasteiger charge is -2.17. The van der Waals surface area contributed by atoms with Crippen LogP contribution in [0.15, 0.2) is 96.3 Å². The molecule has 210 valence electrons. The fourth-order valence-electron chi connectivity index (χ4n) is 5.40. The molecule has 1 aliphatic carbocycles. The first-order valence-corrected chi connectivity index (χ1v) is 15.3. The molecule has 0 radical (unpaired) electrons. The van der Waals surface area contributed by atoms with Crippen molar-refractivity contribution in [2.75, 3.05) is 12.4 Å². The van der Waals surface area contributed by atoms with E-state index in [9.17, 15) is 8.42 Å². The van der Waals surface area contributed by atoms with E-state index in [1.807, 2.05) is 67.6 Å². The Balaban J connectivity index is 1.28. The molecule has 2 heterocycles. The van der Waals surface area contributed by atoms with Crippen molar-refractivity contribution in [3.05, 3.63) is 103 Å². The summed E-state index contributed by atoms with van der Waals surface area (Å²) < 4.78 is 40.4. The van der Waals surface area contributed by atoms with Crippen LogP contribution >= 0.6 is 0 Å². The highest BCUT2D eigenvalue weighted by atomic mass is 32.2. The van der Waals surface area contributed by atoms with Crippen molar-refractivity contribution in [1.29, 1.82) is 0 Å². The summed E-state index contributed by atoms with van der Waals surface area (Å²) in [6.45, 7) is 2.51. The molecule has 41 heavy (non-hydrogen) atoms. The van der Waals surface area contributed by atoms with Crippen molar-refractivity contribution in [2.45, 2.75) is 50.2 Å². The second-order valence-electron chi connectivity index (χ2n) is 10.5. The molecule has 1 aliphatic rings. The number of nitrogens with one attached hydrogen (secondary N) is 1. The predicted molar refractivity (Wildman–Crippen MR) is 162 cm³/mol. The van der Waals surface area contributed by atoms with E-state index in [0.29, 0.717) is 12.1 Å². The Morgan fingerprint density at radius 2 is 1.73 bits per heavy atom. The third-order valence-electron chi connectivity index (χ3n) is 7.63. The van der Waals surface area contributed by atoms with Crippen LogP contribution in [0.3, 0.4) is 0 Å². The third kappa shape index (κ3) is 5.52. The lowest BCUT2D eigenvalue weighted by molar-refractivity contribution is 0.200. The number of para-hydroxylation sites is 1. The van der Waals surface area contributed by atoms with Gasteiger partial charge in [-0.15, -0.1) is 0 Å². The van der Waals surface area contributed by atoms with Crippen molar-refractivity contribution in [3.63, 3.8) is 0 Å². The van der Waals surface area contributed by atoms with Crippen LogP contribution in [0.25, 0.3) is 22.0 Å². The van der Waals surface area contributed by atoms with E-state index < -0.39 is 10.0 Å². The van der Waals surface area contributed by atoms with Crippen LogP contribution in [-0.2, 0) is 16.6 Å². The van der Waals surface area contributed by atoms with Crippen LogP contribution in [0.1, 0.15) is 36.8 Å². The summed E-state index contributed by atoms with van der Waals surface area (Å²) in [5.41, 5.74) is 5.13. The number of hydrogen-bond acceptors (Lipinski definition) is 6. The van der Waals surface area contributed by atoms with Crippen molar-refractivity contribution in [2.24, 2.45) is 0 Å². The Bertz CT molecular complexity index is 1790. The quantitative estimate of drug-likeness (QED) is 0.203. The number of nitrogens with zero attached hydrogens (tertiary/aromatic N) is 2. The van der Waals surface area contributed by atoms with E-state index in [-0.39, 0.29) is 11.0 Å². The van der Waals surface area contributed by atoms with Gasteiger partial charge in [-0.1, -0.05) is 42.0 Å². The summed E-state index contributed by atoms with van der Waals surface area (Å²) in [6.07, 6.45) is 10.0. The maximum absolute atomic E-state index is 13.6. The minimum atomic E-state index is -3.79. The van der Waals surface area contributed by atoms with Gasteiger partial charge in [0.05, 0.1) is 29.3 Å². The lowest BCUT2D eigenvalue weighted by Crippen LogP contribution is -2.12. The maximum atomic E-state index is 13.6. The van der Waals surface area contributed by atoms with E-state index in [1.54, 1.807) is 37.8 Å². The molecule has 1 fully saturated rings. The number of rotatable bonds is 9. The molecule has 3 aromatic carbocycles. The van der Waals surface area contributed by atoms with Gasteiger partial charge in [0, 0.05) is 41.6 Å². The number of aryl methyl sites for hydroxylation is 1. The Morgan fingerprint density at radius 3 is 2.51 bits per heavy atom. The number of methoxy groups -OCH3 is 1. The van der Waals surface area contributed by atoms with Gasteiger partial charge >= 0.3 is 0 Å². The Morgan fingerprint density at radius 1 is 0.951 bits per heavy atom. The first kappa shape index (κ1) is 26.9. The summed E-state index contributed by atoms with van der Waals surface area (Å²) in [6, 6.07) is 22.4. The highest BCUT2D eigenvalue weighted by molar-refractivity contribution is 7.90. The molecule has 0 amide bonds. The molecule has 0 saturated heterocycles. The maximum Gasteiger partial charge on any atom is 0.268 e. The molecular weight excluding hydrogens is 534 g/mol. The summed E-state index contributed by atoms with van der Waals surface area (Å²) >= 11 is 0. The van der Waals surface area contributed by atoms with Gasteiger partial charge in [0.1, 0.15) is 0 Å². The zero-order valence-corrected chi connectivity index (χ0v) is 24.0. The minimum Gasteiger partial charge on any atom is -0.493 e. The third-order valence-corrected chi connectivity index (χ3v) is 9.31. The molecule has 2 aromatic heterocycles. The first-order chi connectivity index (χ1) is 19.9. The van der Waals surface area contributed by atoms with Gasteiger partial charge in [-0.2, -0.15) is 0 Å². The molecule has 0 bridgehead atoms. The van der Waals surface area contributed by atoms with Crippen LogP contribution < -0.4 is 14.8 Å². The molecule has 0 spiro atoms. The van der Waals surface area contributed by atoms with Crippen LogP contribution in [0.2, 0.25) is 0 Å². The number of ether oxygens (including phenoxy) is 2. The highest BCUT2D eigenvalue weighted by Gasteiger charge is 2.22. The molecule has 8 heteroatoms. The second-order valence-corrected chi connectivity index (χ2v) is 12.3. The zero-order valence-electron chi connectivity index (χ0n) is 23.2. The van der Waals surface area contributed by atoms with E-state index in [1.165, 1.54) is 16.8 Å². The number of fused-ring (bicyclic) bond motifs is 1. The second kappa shape index (κ2) is 11.3. The average Bonchev–Trinajstić information content (AvgIpc) is 3.65. The van der Waals surface area contributed by atoms with Crippen molar-refractivity contribution >= 4 is 26.6 Å². The summed E-state index contributed by atoms with van der Waals surface area (Å²) in [4.78, 5) is 4.72. The SMILES string of the molecule is COc1ccc(CNc2cncc(-c3cn(S(=O)(=O)c4ccc(C)cc4)c4ccccc34)c2)cc1OC1CCCC1. The molecule has 7 nitrogen and oxygen atoms in total. The van der Waals surface area contributed by atoms with Gasteiger partial charge < -0.3 is 14.8 Å². The Kier molecular flexibility index (Phi) is 7.41. The minimum absolute atomic E-state index is 0.241. The van der Waals surface area contributed by atoms with Gasteiger partial charge in [0.15, 0.2) is 11.5 Å². The molecule has 1 N–H and O–H groups in total. The van der Waals surface area contributed by atoms with Crippen LogP contribution in [0, 0.1) is 6.92 Å². The number of aromatic nitrogens is 2. The zero-order chi connectivity index (χ0) is 28.4. The van der Waals surface area contributed by atoms with Crippen molar-refractivity contribution in [1.82, 2.24) is 8.96 Å². The molecule has 5 aromatic rings. The standard InChI is InChI=1S/C33H33N3O4S/c1-23-11-14-28(15-12-23)41(37,38)36-22-30(29-9-5-6-10-31(29)36)25-18-26(21-34-20-25)35-19-24-13-16-32(39-2)33(17-24)40-27-7-3-4-8-27/h5-6,9-18,20-22,27,35H,3-4,7-8,19H2,1-2H3. The van der Waals surface area contributed by atoms with E-state index in [0.717, 1.165) is 57.7 Å². The molecule has 0 unspecified atom stereocenters. The molecular formula is C33H33N3O4S. The molecule has 0 aliphatic heterocycles. The fourth-order valence-corrected chi connectivity index (χ4v) is 6.77. The van der Waals surface area contributed by atoms with Crippen molar-refractivity contribution < 1.29 is 17.9 Å². The van der Waals surface area contributed by atoms with Crippen LogP contribution in [0.5, 0.6) is 11.5 Å². The Labute approximate surface area is 240 Å². The fraction of sp³-hybridized carbons (Fsp3) is 0.242. The predicted octanol–water partition coefficient (Wildman–Crippen LogP) is 7.19. The molecule has 1 saturated carbocycles. The topological polar surface area (TPSA) is 82.5 Å². The summed E-state index contributed by atoms with van der Waals surface area (Å²) in [5.74, 6) is 1.51. The van der Waals surface area contributed by atoms with Gasteiger partial charge in [-0.25, -0.2) is 12.4 Å². The lowest BCUT2D eigenvalue weighted by atomic mass is 10.1. The van der Waals surface area contributed by atoms with Gasteiger partial charge in [0.2, 0.25) is 0 Å². The van der Waals surface area contributed by atoms with Crippen LogP contribution in [0.4, 0.5) is 5.69 Å². The van der Waals surface area contributed by atoms with E-state index in [2.05, 4.69) is 10.3 Å². The summed E-state index contributed by atoms with van der Waals surface area (Å²) in [7, 11) is -2.12. The monoisotopic (exact) mass is 567 g/mol. The Hall–Kier alpha value is -4.30. The van der Waals surface area contributed by atoms with Crippen molar-refractivity contribution in [3.8, 4) is 22.6 Å². The number of hydrogen-bond donors (Lipinski definition) is 1. The van der Waals surface area contributed by atoms with Gasteiger partial charge in [0.25, 0.3) is 10.0 Å². The normalized spacial score (nSPS) is 13.9. The largest absolute Gasteiger partial charge is 0.493 e. The number of benzene rings is 3. The molecule has 0 atom stereocenters. The number of pyridine rings is 1. The van der Waals surface area contributed by atoms with Crippen LogP contribution in [-0.4, -0.2) is 30.6 Å². The molecule has 6 rings (SSSR count). The van der Waals surface area contributed by atoms with Gasteiger partial charge in [-0.3, -0.25) is 4.98 Å².